The van der Waals surface area contributed by atoms with Crippen LogP contribution in [0.2, 0.25) is 0 Å². The number of nitrogens with one attached hydrogen (secondary N) is 2. The van der Waals surface area contributed by atoms with Gasteiger partial charge in [0.15, 0.2) is 5.82 Å². The Balaban J connectivity index is 1.41. The van der Waals surface area contributed by atoms with E-state index in [0.717, 1.165) is 59.5 Å². The minimum atomic E-state index is -0.272. The van der Waals surface area contributed by atoms with Gasteiger partial charge in [-0.25, -0.2) is 4.39 Å². The minimum Gasteiger partial charge on any atom is -0.393 e. The van der Waals surface area contributed by atoms with Crippen LogP contribution in [0, 0.1) is 5.82 Å². The Kier molecular flexibility index (Phi) is 4.57. The molecule has 1 fully saturated rings. The lowest BCUT2D eigenvalue weighted by Crippen LogP contribution is -2.35. The van der Waals surface area contributed by atoms with Crippen molar-refractivity contribution in [1.82, 2.24) is 30.3 Å². The normalized spacial score (nSPS) is 15.9. The number of benzene rings is 2. The van der Waals surface area contributed by atoms with Crippen molar-refractivity contribution in [3.8, 4) is 22.6 Å². The van der Waals surface area contributed by atoms with Gasteiger partial charge in [0, 0.05) is 29.6 Å². The van der Waals surface area contributed by atoms with E-state index in [-0.39, 0.29) is 11.9 Å². The summed E-state index contributed by atoms with van der Waals surface area (Å²) in [5.41, 5.74) is 3.43. The van der Waals surface area contributed by atoms with Crippen molar-refractivity contribution in [2.45, 2.75) is 25.5 Å². The van der Waals surface area contributed by atoms with E-state index in [9.17, 15) is 9.50 Å². The molecule has 0 aliphatic carbocycles. The Bertz CT molecular complexity index is 1130. The fourth-order valence-corrected chi connectivity index (χ4v) is 3.78. The molecule has 7 nitrogen and oxygen atoms in total. The first-order valence-corrected chi connectivity index (χ1v) is 9.72. The number of aromatic nitrogens is 5. The van der Waals surface area contributed by atoms with Crippen LogP contribution in [0.15, 0.2) is 42.5 Å². The third-order valence-corrected chi connectivity index (χ3v) is 5.42. The molecule has 0 atom stereocenters. The van der Waals surface area contributed by atoms with Crippen LogP contribution >= 0.6 is 0 Å². The lowest BCUT2D eigenvalue weighted by atomic mass is 10.1. The fourth-order valence-electron chi connectivity index (χ4n) is 3.78. The highest BCUT2D eigenvalue weighted by Gasteiger charge is 2.18. The predicted octanol–water partition coefficient (Wildman–Crippen LogP) is 3.11. The van der Waals surface area contributed by atoms with Crippen LogP contribution < -0.4 is 0 Å². The van der Waals surface area contributed by atoms with Gasteiger partial charge in [-0.2, -0.15) is 5.10 Å². The van der Waals surface area contributed by atoms with Crippen molar-refractivity contribution in [3.05, 3.63) is 54.1 Å². The van der Waals surface area contributed by atoms with Crippen LogP contribution in [0.1, 0.15) is 18.7 Å². The summed E-state index contributed by atoms with van der Waals surface area (Å²) in [4.78, 5) is 5.57. The van der Waals surface area contributed by atoms with E-state index in [2.05, 4.69) is 30.3 Å². The number of aromatic amines is 2. The smallest absolute Gasteiger partial charge is 0.161 e. The van der Waals surface area contributed by atoms with Crippen LogP contribution in [-0.4, -0.2) is 54.6 Å². The lowest BCUT2D eigenvalue weighted by molar-refractivity contribution is 0.0781. The maximum Gasteiger partial charge on any atom is 0.161 e. The summed E-state index contributed by atoms with van der Waals surface area (Å²) >= 11 is 0. The predicted molar refractivity (Wildman–Crippen MR) is 107 cm³/mol. The molecule has 0 spiro atoms. The molecular formula is C21H21FN6O. The number of aliphatic hydroxyl groups is 1. The molecule has 4 aromatic rings. The number of H-pyrrole nitrogens is 2. The Hall–Kier alpha value is -3.10. The molecule has 8 heteroatoms. The van der Waals surface area contributed by atoms with Gasteiger partial charge in [0.1, 0.15) is 11.6 Å². The molecule has 1 saturated heterocycles. The summed E-state index contributed by atoms with van der Waals surface area (Å²) in [5.74, 6) is 1.24. The molecule has 3 N–H and O–H groups in total. The summed E-state index contributed by atoms with van der Waals surface area (Å²) < 4.78 is 13.3. The SMILES string of the molecule is OC1CCN(Cc2nnc(-c3ccc4[nH]nc(-c5ccc(F)cc5)c4c3)[nH]2)CC1. The fraction of sp³-hybridized carbons (Fsp3) is 0.286. The highest BCUT2D eigenvalue weighted by Crippen LogP contribution is 2.29. The molecule has 148 valence electrons. The largest absolute Gasteiger partial charge is 0.393 e. The minimum absolute atomic E-state index is 0.187. The number of halogens is 1. The number of likely N-dealkylation sites (tertiary alicyclic amines) is 1. The van der Waals surface area contributed by atoms with Gasteiger partial charge in [0.05, 0.1) is 23.9 Å². The standard InChI is InChI=1S/C21H21FN6O/c22-15-4-1-13(2-5-15)20-17-11-14(3-6-18(17)24-26-20)21-23-19(25-27-21)12-28-9-7-16(29)8-10-28/h1-6,11,16,29H,7-10,12H2,(H,24,26)(H,23,25,27). The van der Waals surface area contributed by atoms with E-state index < -0.39 is 0 Å². The summed E-state index contributed by atoms with van der Waals surface area (Å²) in [5, 5.41) is 26.6. The van der Waals surface area contributed by atoms with Crippen LogP contribution in [0.25, 0.3) is 33.5 Å². The van der Waals surface area contributed by atoms with E-state index >= 15 is 0 Å². The molecule has 2 aromatic carbocycles. The summed E-state index contributed by atoms with van der Waals surface area (Å²) in [6, 6.07) is 12.2. The molecule has 5 rings (SSSR count). The van der Waals surface area contributed by atoms with Gasteiger partial charge in [0.25, 0.3) is 0 Å². The van der Waals surface area contributed by atoms with Gasteiger partial charge in [-0.3, -0.25) is 10.00 Å². The number of aliphatic hydroxyl groups excluding tert-OH is 1. The number of fused-ring (bicyclic) bond motifs is 1. The molecule has 0 amide bonds. The second-order valence-corrected chi connectivity index (χ2v) is 7.47. The van der Waals surface area contributed by atoms with E-state index in [1.54, 1.807) is 12.1 Å². The molecule has 0 saturated carbocycles. The van der Waals surface area contributed by atoms with Gasteiger partial charge in [-0.15, -0.1) is 10.2 Å². The molecule has 1 aliphatic heterocycles. The van der Waals surface area contributed by atoms with Gasteiger partial charge in [-0.1, -0.05) is 0 Å². The second-order valence-electron chi connectivity index (χ2n) is 7.47. The van der Waals surface area contributed by atoms with E-state index in [0.29, 0.717) is 12.4 Å². The molecule has 1 aliphatic rings. The molecule has 0 radical (unpaired) electrons. The van der Waals surface area contributed by atoms with Crippen molar-refractivity contribution in [2.75, 3.05) is 13.1 Å². The Morgan fingerprint density at radius 2 is 1.79 bits per heavy atom. The van der Waals surface area contributed by atoms with Crippen molar-refractivity contribution >= 4 is 10.9 Å². The molecule has 0 bridgehead atoms. The molecule has 0 unspecified atom stereocenters. The zero-order chi connectivity index (χ0) is 19.8. The third kappa shape index (κ3) is 3.64. The van der Waals surface area contributed by atoms with Crippen LogP contribution in [-0.2, 0) is 6.54 Å². The topological polar surface area (TPSA) is 93.7 Å². The average Bonchev–Trinajstić information content (AvgIpc) is 3.37. The van der Waals surface area contributed by atoms with Crippen molar-refractivity contribution in [1.29, 1.82) is 0 Å². The van der Waals surface area contributed by atoms with Gasteiger partial charge in [0.2, 0.25) is 0 Å². The Morgan fingerprint density at radius 1 is 1.03 bits per heavy atom. The van der Waals surface area contributed by atoms with Crippen LogP contribution in [0.5, 0.6) is 0 Å². The molecule has 3 heterocycles. The Morgan fingerprint density at radius 3 is 2.59 bits per heavy atom. The number of piperidine rings is 1. The highest BCUT2D eigenvalue weighted by molar-refractivity contribution is 5.95. The number of nitrogens with zero attached hydrogens (tertiary/aromatic N) is 4. The van der Waals surface area contributed by atoms with E-state index in [1.165, 1.54) is 12.1 Å². The lowest BCUT2D eigenvalue weighted by Gasteiger charge is -2.28. The first kappa shape index (κ1) is 18.0. The second kappa shape index (κ2) is 7.38. The summed E-state index contributed by atoms with van der Waals surface area (Å²) in [6.45, 7) is 2.41. The van der Waals surface area contributed by atoms with E-state index in [4.69, 9.17) is 0 Å². The molecule has 2 aromatic heterocycles. The van der Waals surface area contributed by atoms with Gasteiger partial charge in [-0.05, 0) is 55.3 Å². The highest BCUT2D eigenvalue weighted by atomic mass is 19.1. The van der Waals surface area contributed by atoms with Gasteiger partial charge >= 0.3 is 0 Å². The van der Waals surface area contributed by atoms with Crippen LogP contribution in [0.3, 0.4) is 0 Å². The first-order valence-electron chi connectivity index (χ1n) is 9.72. The maximum absolute atomic E-state index is 13.3. The van der Waals surface area contributed by atoms with Crippen molar-refractivity contribution in [2.24, 2.45) is 0 Å². The summed E-state index contributed by atoms with van der Waals surface area (Å²) in [7, 11) is 0. The zero-order valence-electron chi connectivity index (χ0n) is 15.8. The number of rotatable bonds is 4. The first-order chi connectivity index (χ1) is 14.2. The zero-order valence-corrected chi connectivity index (χ0v) is 15.8. The van der Waals surface area contributed by atoms with Gasteiger partial charge < -0.3 is 10.1 Å². The monoisotopic (exact) mass is 392 g/mol. The third-order valence-electron chi connectivity index (χ3n) is 5.42. The van der Waals surface area contributed by atoms with E-state index in [1.807, 2.05) is 18.2 Å². The number of hydrogen-bond donors (Lipinski definition) is 3. The Labute approximate surface area is 166 Å². The summed E-state index contributed by atoms with van der Waals surface area (Å²) in [6.07, 6.45) is 1.41. The average molecular weight is 392 g/mol. The quantitative estimate of drug-likeness (QED) is 0.496. The van der Waals surface area contributed by atoms with Crippen LogP contribution in [0.4, 0.5) is 4.39 Å². The maximum atomic E-state index is 13.3. The molecule has 29 heavy (non-hydrogen) atoms. The van der Waals surface area contributed by atoms with Crippen molar-refractivity contribution < 1.29 is 9.50 Å². The molecular weight excluding hydrogens is 371 g/mol. The van der Waals surface area contributed by atoms with Crippen molar-refractivity contribution in [3.63, 3.8) is 0 Å². The number of hydrogen-bond acceptors (Lipinski definition) is 5.